The molecule has 10 aromatic carbocycles. The fourth-order valence-electron chi connectivity index (χ4n) is 13.6. The fraction of sp³-hybridized carbons (Fsp3) is 0. The van der Waals surface area contributed by atoms with Crippen LogP contribution in [0.4, 0.5) is 68.2 Å². The number of hydrogen-bond acceptors (Lipinski definition) is 10. The topological polar surface area (TPSA) is 83.0 Å². The Labute approximate surface area is 554 Å². The van der Waals surface area contributed by atoms with Gasteiger partial charge in [0.1, 0.15) is 5.75 Å². The Balaban J connectivity index is 0.000000146. The second-order valence-corrected chi connectivity index (χ2v) is 22.7. The molecule has 4 aliphatic rings. The number of anilines is 12. The van der Waals surface area contributed by atoms with Gasteiger partial charge in [0.2, 0.25) is 18.5 Å². The molecule has 4 aliphatic heterocycles. The molecule has 0 aliphatic carbocycles. The van der Waals surface area contributed by atoms with Gasteiger partial charge in [0, 0.05) is 99.5 Å². The van der Waals surface area contributed by atoms with E-state index < -0.39 is 0 Å². The molecule has 10 nitrogen and oxygen atoms in total. The standard InChI is InChI=1S/C40H27BN4O.C40H25BN4O.Pt/c2*1-3-12-29(13-4-1)44-35-22-20-28(34-16-7-9-24-42-34)26-32(35)41-33-27-31(46-39-19-8-10-25-43-39)21-23-36(33)45(30-14-5-2-6-15-30)38-18-11-17-37(44)40(38)41;/h1-27H;1-25H;/q;-2;+2. The zero-order valence-corrected chi connectivity index (χ0v) is 52.2. The van der Waals surface area contributed by atoms with Gasteiger partial charge in [0.05, 0.1) is 5.69 Å². The van der Waals surface area contributed by atoms with E-state index in [2.05, 4.69) is 259 Å². The molecule has 93 heavy (non-hydrogen) atoms. The van der Waals surface area contributed by atoms with Gasteiger partial charge in [-0.15, -0.1) is 47.4 Å². The number of para-hydroxylation sites is 4. The summed E-state index contributed by atoms with van der Waals surface area (Å²) in [6.07, 6.45) is 7.17. The van der Waals surface area contributed by atoms with Gasteiger partial charge in [-0.2, -0.15) is 5.46 Å². The van der Waals surface area contributed by atoms with E-state index in [-0.39, 0.29) is 34.5 Å². The number of hydrogen-bond donors (Lipinski definition) is 0. The maximum atomic E-state index is 6.34. The van der Waals surface area contributed by atoms with Crippen molar-refractivity contribution in [1.82, 2.24) is 19.9 Å². The third kappa shape index (κ3) is 10.2. The van der Waals surface area contributed by atoms with Gasteiger partial charge in [-0.3, -0.25) is 4.98 Å². The van der Waals surface area contributed by atoms with Crippen LogP contribution in [0, 0.1) is 12.1 Å². The summed E-state index contributed by atoms with van der Waals surface area (Å²) in [6, 6.07) is 108. The van der Waals surface area contributed by atoms with Crippen LogP contribution in [0.5, 0.6) is 23.3 Å². The van der Waals surface area contributed by atoms with Crippen molar-refractivity contribution in [2.45, 2.75) is 0 Å². The summed E-state index contributed by atoms with van der Waals surface area (Å²) in [6.45, 7) is -0.209. The molecule has 0 radical (unpaired) electrons. The van der Waals surface area contributed by atoms with E-state index in [0.29, 0.717) is 17.5 Å². The molecule has 4 aromatic heterocycles. The minimum atomic E-state index is -0.160. The summed E-state index contributed by atoms with van der Waals surface area (Å²) in [5.41, 5.74) is 24.1. The minimum Gasteiger partial charge on any atom is -0.466 e. The average Bonchev–Trinajstić information content (AvgIpc) is 0.711. The van der Waals surface area contributed by atoms with Crippen molar-refractivity contribution >= 4 is 114 Å². The second-order valence-electron chi connectivity index (χ2n) is 22.7. The third-order valence-electron chi connectivity index (χ3n) is 17.4. The summed E-state index contributed by atoms with van der Waals surface area (Å²) in [7, 11) is 0. The molecule has 0 bridgehead atoms. The van der Waals surface area contributed by atoms with Crippen molar-refractivity contribution in [2.75, 3.05) is 19.6 Å². The number of rotatable bonds is 10. The molecule has 0 N–H and O–H groups in total. The predicted octanol–water partition coefficient (Wildman–Crippen LogP) is 15.6. The van der Waals surface area contributed by atoms with Crippen molar-refractivity contribution in [2.24, 2.45) is 0 Å². The molecule has 14 aromatic rings. The number of aromatic nitrogens is 4. The quantitative estimate of drug-likeness (QED) is 0.0975. The van der Waals surface area contributed by atoms with Crippen molar-refractivity contribution in [3.05, 3.63) is 328 Å². The Morgan fingerprint density at radius 1 is 0.301 bits per heavy atom. The number of pyridine rings is 4. The van der Waals surface area contributed by atoms with E-state index in [4.69, 9.17) is 14.5 Å². The molecule has 0 fully saturated rings. The van der Waals surface area contributed by atoms with Crippen LogP contribution in [0.3, 0.4) is 0 Å². The molecule has 8 heterocycles. The Bertz CT molecular complexity index is 4690. The van der Waals surface area contributed by atoms with Crippen LogP contribution in [0.15, 0.2) is 316 Å². The van der Waals surface area contributed by atoms with Crippen LogP contribution in [0.2, 0.25) is 0 Å². The van der Waals surface area contributed by atoms with E-state index in [0.717, 1.165) is 107 Å². The Morgan fingerprint density at radius 3 is 1.23 bits per heavy atom. The van der Waals surface area contributed by atoms with Gasteiger partial charge in [-0.05, 0) is 166 Å². The van der Waals surface area contributed by atoms with Gasteiger partial charge < -0.3 is 34.1 Å². The normalized spacial score (nSPS) is 12.5. The van der Waals surface area contributed by atoms with E-state index in [9.17, 15) is 0 Å². The van der Waals surface area contributed by atoms with E-state index in [1.807, 2.05) is 91.3 Å². The monoisotopic (exact) mass is 1370 g/mol. The zero-order valence-electron chi connectivity index (χ0n) is 49.9. The molecular formula is C80H52B2N8O2Pt. The predicted molar refractivity (Wildman–Crippen MR) is 374 cm³/mol. The van der Waals surface area contributed by atoms with E-state index >= 15 is 0 Å². The van der Waals surface area contributed by atoms with Crippen LogP contribution >= 0.6 is 0 Å². The van der Waals surface area contributed by atoms with Crippen LogP contribution in [0.1, 0.15) is 0 Å². The van der Waals surface area contributed by atoms with Crippen LogP contribution in [-0.4, -0.2) is 33.4 Å². The van der Waals surface area contributed by atoms with E-state index in [1.54, 1.807) is 12.4 Å². The summed E-state index contributed by atoms with van der Waals surface area (Å²) in [5, 5.41) is 0. The first-order valence-electron chi connectivity index (χ1n) is 30.7. The second kappa shape index (κ2) is 24.3. The number of nitrogens with zero attached hydrogens (tertiary/aromatic N) is 8. The number of fused-ring (bicyclic) bond motifs is 8. The molecule has 0 amide bonds. The van der Waals surface area contributed by atoms with Gasteiger partial charge in [-0.25, -0.2) is 9.97 Å². The Morgan fingerprint density at radius 2 is 0.720 bits per heavy atom. The smallest absolute Gasteiger partial charge is 0.466 e. The number of benzene rings is 10. The SMILES string of the molecule is [Pt+2].[c-]1c(Oc2ccccn2)ccc2c1B1c3[c-]c(-c4ccccn4)ccc3N(c3ccccc3)c3cccc(c31)N2c1ccccc1.c1ccc(N2c3ccc(Oc4ccccn4)cc3B3c4cc(-c5ccccn5)ccc4N(c4ccccc4)c4cccc2c43)cc1. The summed E-state index contributed by atoms with van der Waals surface area (Å²) in [4.78, 5) is 27.7. The molecule has 0 unspecified atom stereocenters. The molecule has 18 rings (SSSR count). The van der Waals surface area contributed by atoms with Crippen molar-refractivity contribution in [3.8, 4) is 45.8 Å². The van der Waals surface area contributed by atoms with Crippen LogP contribution < -0.4 is 61.9 Å². The van der Waals surface area contributed by atoms with Gasteiger partial charge in [0.15, 0.2) is 0 Å². The fourth-order valence-corrected chi connectivity index (χ4v) is 13.6. The van der Waals surface area contributed by atoms with Gasteiger partial charge in [0.25, 0.3) is 6.71 Å². The summed E-state index contributed by atoms with van der Waals surface area (Å²) < 4.78 is 12.6. The molecule has 440 valence electrons. The summed E-state index contributed by atoms with van der Waals surface area (Å²) in [5.74, 6) is 2.45. The summed E-state index contributed by atoms with van der Waals surface area (Å²) >= 11 is 0. The van der Waals surface area contributed by atoms with Gasteiger partial charge >= 0.3 is 21.1 Å². The molecular weight excluding hydrogens is 1320 g/mol. The first-order valence-corrected chi connectivity index (χ1v) is 30.7. The average molecular weight is 1370 g/mol. The maximum Gasteiger partial charge on any atom is 2.00 e. The Hall–Kier alpha value is -11.6. The minimum absolute atomic E-state index is 0. The maximum absolute atomic E-state index is 6.34. The molecule has 13 heteroatoms. The van der Waals surface area contributed by atoms with Crippen molar-refractivity contribution in [3.63, 3.8) is 0 Å². The van der Waals surface area contributed by atoms with Crippen molar-refractivity contribution in [1.29, 1.82) is 0 Å². The molecule has 0 saturated carbocycles. The largest absolute Gasteiger partial charge is 2.00 e. The first kappa shape index (κ1) is 56.6. The molecule has 0 saturated heterocycles. The zero-order chi connectivity index (χ0) is 60.9. The van der Waals surface area contributed by atoms with Gasteiger partial charge in [-0.1, -0.05) is 133 Å². The third-order valence-corrected chi connectivity index (χ3v) is 17.4. The first-order chi connectivity index (χ1) is 45.7. The molecule has 0 spiro atoms. The van der Waals surface area contributed by atoms with Crippen LogP contribution in [0.25, 0.3) is 22.5 Å². The molecule has 0 atom stereocenters. The Kier molecular flexibility index (Phi) is 14.8. The van der Waals surface area contributed by atoms with Crippen LogP contribution in [-0.2, 0) is 21.1 Å². The number of ether oxygens (including phenoxy) is 2. The van der Waals surface area contributed by atoms with Crippen molar-refractivity contribution < 1.29 is 30.5 Å². The van der Waals surface area contributed by atoms with E-state index in [1.165, 1.54) is 21.9 Å².